The molecule has 1 saturated heterocycles. The monoisotopic (exact) mass is 317 g/mol. The van der Waals surface area contributed by atoms with Crippen LogP contribution in [-0.4, -0.2) is 42.9 Å². The van der Waals surface area contributed by atoms with Crippen molar-refractivity contribution in [2.45, 2.75) is 45.7 Å². The van der Waals surface area contributed by atoms with Crippen LogP contribution in [0.15, 0.2) is 18.2 Å². The molecule has 0 spiro atoms. The molecule has 1 heterocycles. The molecule has 1 aliphatic rings. The highest BCUT2D eigenvalue weighted by Gasteiger charge is 2.31. The van der Waals surface area contributed by atoms with Crippen LogP contribution in [0.5, 0.6) is 0 Å². The molecule has 1 aromatic rings. The number of nitrogens with zero attached hydrogens (tertiary/aromatic N) is 1. The smallest absolute Gasteiger partial charge is 0.237 e. The number of aryl methyl sites for hydroxylation is 2. The number of likely N-dealkylation sites (N-methyl/N-ethyl adjacent to an activating group) is 1. The lowest BCUT2D eigenvalue weighted by Gasteiger charge is -2.23. The molecule has 2 amide bonds. The van der Waals surface area contributed by atoms with Gasteiger partial charge >= 0.3 is 0 Å². The summed E-state index contributed by atoms with van der Waals surface area (Å²) < 4.78 is 0. The zero-order chi connectivity index (χ0) is 17.0. The van der Waals surface area contributed by atoms with Crippen LogP contribution in [0.4, 0.5) is 0 Å². The first-order chi connectivity index (χ1) is 10.9. The predicted octanol–water partition coefficient (Wildman–Crippen LogP) is 1.69. The van der Waals surface area contributed by atoms with Gasteiger partial charge in [0.25, 0.3) is 0 Å². The number of carbonyl (C=O) groups is 2. The molecule has 2 atom stereocenters. The minimum Gasteiger partial charge on any atom is -0.358 e. The lowest BCUT2D eigenvalue weighted by molar-refractivity contribution is -0.127. The van der Waals surface area contributed by atoms with E-state index in [9.17, 15) is 9.59 Å². The minimum absolute atomic E-state index is 0.00231. The molecule has 0 saturated carbocycles. The van der Waals surface area contributed by atoms with Gasteiger partial charge in [0.15, 0.2) is 0 Å². The average Bonchev–Trinajstić information content (AvgIpc) is 2.97. The van der Waals surface area contributed by atoms with E-state index in [0.717, 1.165) is 24.9 Å². The van der Waals surface area contributed by atoms with E-state index in [1.54, 1.807) is 7.05 Å². The van der Waals surface area contributed by atoms with Gasteiger partial charge in [0.2, 0.25) is 11.8 Å². The van der Waals surface area contributed by atoms with E-state index in [1.807, 2.05) is 11.8 Å². The molecule has 126 valence electrons. The fourth-order valence-electron chi connectivity index (χ4n) is 3.07. The van der Waals surface area contributed by atoms with Crippen molar-refractivity contribution in [1.82, 2.24) is 15.5 Å². The van der Waals surface area contributed by atoms with E-state index in [0.29, 0.717) is 0 Å². The number of carbonyl (C=O) groups excluding carboxylic acids is 2. The highest BCUT2D eigenvalue weighted by atomic mass is 16.2. The normalized spacial score (nSPS) is 19.4. The quantitative estimate of drug-likeness (QED) is 0.869. The van der Waals surface area contributed by atoms with Crippen LogP contribution in [0.1, 0.15) is 42.5 Å². The average molecular weight is 317 g/mol. The number of amides is 2. The molecule has 5 nitrogen and oxygen atoms in total. The van der Waals surface area contributed by atoms with Crippen LogP contribution < -0.4 is 10.6 Å². The van der Waals surface area contributed by atoms with Gasteiger partial charge < -0.3 is 10.6 Å². The van der Waals surface area contributed by atoms with Crippen LogP contribution in [0.25, 0.3) is 0 Å². The van der Waals surface area contributed by atoms with Gasteiger partial charge in [-0.15, -0.1) is 0 Å². The third-order valence-corrected chi connectivity index (χ3v) is 4.67. The summed E-state index contributed by atoms with van der Waals surface area (Å²) in [5.41, 5.74) is 3.58. The van der Waals surface area contributed by atoms with Crippen molar-refractivity contribution in [3.05, 3.63) is 34.9 Å². The third kappa shape index (κ3) is 4.32. The highest BCUT2D eigenvalue weighted by Crippen LogP contribution is 2.19. The largest absolute Gasteiger partial charge is 0.358 e. The molecule has 2 rings (SSSR count). The van der Waals surface area contributed by atoms with Crippen LogP contribution >= 0.6 is 0 Å². The summed E-state index contributed by atoms with van der Waals surface area (Å²) in [6, 6.07) is 6.03. The third-order valence-electron chi connectivity index (χ3n) is 4.67. The van der Waals surface area contributed by atoms with Crippen molar-refractivity contribution in [2.75, 3.05) is 20.1 Å². The molecule has 5 heteroatoms. The second-order valence-electron chi connectivity index (χ2n) is 6.38. The molecular weight excluding hydrogens is 290 g/mol. The molecule has 23 heavy (non-hydrogen) atoms. The van der Waals surface area contributed by atoms with Gasteiger partial charge in [-0.3, -0.25) is 14.5 Å². The fourth-order valence-corrected chi connectivity index (χ4v) is 3.07. The van der Waals surface area contributed by atoms with E-state index < -0.39 is 0 Å². The molecule has 1 aliphatic heterocycles. The molecule has 0 aromatic heterocycles. The Hall–Kier alpha value is -1.88. The Morgan fingerprint density at radius 1 is 1.30 bits per heavy atom. The van der Waals surface area contributed by atoms with Crippen molar-refractivity contribution in [3.8, 4) is 0 Å². The molecule has 0 bridgehead atoms. The molecule has 1 aromatic carbocycles. The zero-order valence-electron chi connectivity index (χ0n) is 14.5. The minimum atomic E-state index is -0.178. The maximum atomic E-state index is 12.3. The molecule has 0 aliphatic carbocycles. The number of nitrogens with one attached hydrogen (secondary N) is 2. The lowest BCUT2D eigenvalue weighted by atomic mass is 10.0. The van der Waals surface area contributed by atoms with E-state index in [4.69, 9.17) is 0 Å². The topological polar surface area (TPSA) is 61.4 Å². The van der Waals surface area contributed by atoms with E-state index in [-0.39, 0.29) is 30.4 Å². The number of likely N-dealkylation sites (tertiary alicyclic amines) is 1. The Labute approximate surface area is 138 Å². The standard InChI is InChI=1S/C18H27N3O2/c1-12-7-8-15(10-13(12)2)14(3)20-17(22)11-21-9-5-6-16(21)18(23)19-4/h7-8,10,14,16H,5-6,9,11H2,1-4H3,(H,19,23)(H,20,22). The second kappa shape index (κ2) is 7.59. The van der Waals surface area contributed by atoms with Crippen LogP contribution in [0.3, 0.4) is 0 Å². The van der Waals surface area contributed by atoms with Crippen LogP contribution in [0, 0.1) is 13.8 Å². The number of rotatable bonds is 5. The number of benzene rings is 1. The second-order valence-corrected chi connectivity index (χ2v) is 6.38. The Bertz CT molecular complexity index is 586. The number of hydrogen-bond donors (Lipinski definition) is 2. The summed E-state index contributed by atoms with van der Waals surface area (Å²) in [7, 11) is 1.64. The van der Waals surface area contributed by atoms with Crippen molar-refractivity contribution in [2.24, 2.45) is 0 Å². The van der Waals surface area contributed by atoms with Crippen molar-refractivity contribution >= 4 is 11.8 Å². The maximum absolute atomic E-state index is 12.3. The van der Waals surface area contributed by atoms with Crippen LogP contribution in [0.2, 0.25) is 0 Å². The summed E-state index contributed by atoms with van der Waals surface area (Å²) in [4.78, 5) is 26.1. The first-order valence-electron chi connectivity index (χ1n) is 8.24. The molecule has 0 radical (unpaired) electrons. The Morgan fingerprint density at radius 2 is 2.04 bits per heavy atom. The molecule has 2 N–H and O–H groups in total. The van der Waals surface area contributed by atoms with E-state index in [2.05, 4.69) is 42.7 Å². The zero-order valence-corrected chi connectivity index (χ0v) is 14.5. The van der Waals surface area contributed by atoms with Gasteiger partial charge in [0.1, 0.15) is 0 Å². The summed E-state index contributed by atoms with van der Waals surface area (Å²) in [6.07, 6.45) is 1.78. The summed E-state index contributed by atoms with van der Waals surface area (Å²) in [5.74, 6) is -0.0379. The SMILES string of the molecule is CNC(=O)C1CCCN1CC(=O)NC(C)c1ccc(C)c(C)c1. The number of hydrogen-bond acceptors (Lipinski definition) is 3. The Balaban J connectivity index is 1.93. The van der Waals surface area contributed by atoms with Crippen molar-refractivity contribution in [1.29, 1.82) is 0 Å². The van der Waals surface area contributed by atoms with Gasteiger partial charge in [0, 0.05) is 7.05 Å². The van der Waals surface area contributed by atoms with Gasteiger partial charge in [-0.05, 0) is 56.8 Å². The molecule has 1 fully saturated rings. The summed E-state index contributed by atoms with van der Waals surface area (Å²) >= 11 is 0. The Morgan fingerprint density at radius 3 is 2.70 bits per heavy atom. The molecular formula is C18H27N3O2. The van der Waals surface area contributed by atoms with Crippen molar-refractivity contribution in [3.63, 3.8) is 0 Å². The lowest BCUT2D eigenvalue weighted by Crippen LogP contribution is -2.46. The first kappa shape index (κ1) is 17.5. The van der Waals surface area contributed by atoms with E-state index in [1.165, 1.54) is 11.1 Å². The molecule has 2 unspecified atom stereocenters. The maximum Gasteiger partial charge on any atom is 0.237 e. The van der Waals surface area contributed by atoms with Gasteiger partial charge in [0.05, 0.1) is 18.6 Å². The fraction of sp³-hybridized carbons (Fsp3) is 0.556. The highest BCUT2D eigenvalue weighted by molar-refractivity contribution is 5.83. The summed E-state index contributed by atoms with van der Waals surface area (Å²) in [5, 5.41) is 5.71. The summed E-state index contributed by atoms with van der Waals surface area (Å²) in [6.45, 7) is 7.21. The van der Waals surface area contributed by atoms with E-state index >= 15 is 0 Å². The van der Waals surface area contributed by atoms with Gasteiger partial charge in [-0.2, -0.15) is 0 Å². The van der Waals surface area contributed by atoms with Crippen LogP contribution in [-0.2, 0) is 9.59 Å². The van der Waals surface area contributed by atoms with Crippen molar-refractivity contribution < 1.29 is 9.59 Å². The van der Waals surface area contributed by atoms with Gasteiger partial charge in [-0.25, -0.2) is 0 Å². The van der Waals surface area contributed by atoms with Gasteiger partial charge in [-0.1, -0.05) is 18.2 Å². The Kier molecular flexibility index (Phi) is 5.77. The first-order valence-corrected chi connectivity index (χ1v) is 8.24. The predicted molar refractivity (Wildman–Crippen MR) is 91.1 cm³/mol.